The second-order valence-corrected chi connectivity index (χ2v) is 5.74. The summed E-state index contributed by atoms with van der Waals surface area (Å²) < 4.78 is 40.4. The van der Waals surface area contributed by atoms with Crippen LogP contribution in [0, 0.1) is 0 Å². The third kappa shape index (κ3) is 4.18. The molecule has 0 aromatic heterocycles. The predicted octanol–water partition coefficient (Wildman–Crippen LogP) is 6.55. The van der Waals surface area contributed by atoms with Gasteiger partial charge in [0.15, 0.2) is 0 Å². The minimum Gasteiger partial charge on any atom is -0.166 e. The van der Waals surface area contributed by atoms with Crippen molar-refractivity contribution in [1.29, 1.82) is 0 Å². The van der Waals surface area contributed by atoms with Crippen molar-refractivity contribution in [3.63, 3.8) is 0 Å². The number of halogens is 3. The fourth-order valence-corrected chi connectivity index (χ4v) is 2.85. The van der Waals surface area contributed by atoms with Crippen molar-refractivity contribution >= 4 is 6.08 Å². The monoisotopic (exact) mass is 338 g/mol. The third-order valence-corrected chi connectivity index (χ3v) is 4.04. The molecule has 0 radical (unpaired) electrons. The molecule has 0 saturated carbocycles. The van der Waals surface area contributed by atoms with Gasteiger partial charge in [0.2, 0.25) is 0 Å². The van der Waals surface area contributed by atoms with E-state index in [2.05, 4.69) is 0 Å². The third-order valence-electron chi connectivity index (χ3n) is 4.04. The molecule has 126 valence electrons. The van der Waals surface area contributed by atoms with E-state index >= 15 is 0 Å². The number of allylic oxidation sites excluding steroid dienone is 1. The van der Waals surface area contributed by atoms with Gasteiger partial charge in [0.25, 0.3) is 0 Å². The first kappa shape index (κ1) is 17.0. The fraction of sp³-hybridized carbons (Fsp3) is 0.0909. The maximum Gasteiger partial charge on any atom is 0.416 e. The summed E-state index contributed by atoms with van der Waals surface area (Å²) in [6, 6.07) is 24.6. The Morgan fingerprint density at radius 1 is 0.680 bits per heavy atom. The van der Waals surface area contributed by atoms with Crippen LogP contribution in [0.1, 0.15) is 28.2 Å². The van der Waals surface area contributed by atoms with E-state index in [1.165, 1.54) is 6.07 Å². The lowest BCUT2D eigenvalue weighted by atomic mass is 9.87. The van der Waals surface area contributed by atoms with Crippen molar-refractivity contribution < 1.29 is 13.2 Å². The van der Waals surface area contributed by atoms with Crippen LogP contribution in [0.5, 0.6) is 0 Å². The molecule has 0 amide bonds. The summed E-state index contributed by atoms with van der Waals surface area (Å²) in [4.78, 5) is 0. The molecule has 0 aliphatic rings. The molecule has 3 aromatic rings. The summed E-state index contributed by atoms with van der Waals surface area (Å²) in [5, 5.41) is 0. The van der Waals surface area contributed by atoms with Crippen LogP contribution in [0.2, 0.25) is 0 Å². The maximum atomic E-state index is 13.5. The Labute approximate surface area is 145 Å². The molecule has 0 spiro atoms. The van der Waals surface area contributed by atoms with E-state index in [-0.39, 0.29) is 5.56 Å². The van der Waals surface area contributed by atoms with Gasteiger partial charge in [-0.1, -0.05) is 91.0 Å². The molecular formula is C22H17F3. The topological polar surface area (TPSA) is 0 Å². The molecule has 0 aliphatic carbocycles. The van der Waals surface area contributed by atoms with Crippen molar-refractivity contribution in [1.82, 2.24) is 0 Å². The van der Waals surface area contributed by atoms with Crippen LogP contribution in [0.25, 0.3) is 6.08 Å². The van der Waals surface area contributed by atoms with Gasteiger partial charge in [-0.25, -0.2) is 0 Å². The Kier molecular flexibility index (Phi) is 5.03. The minimum atomic E-state index is -4.38. The number of alkyl halides is 3. The fourth-order valence-electron chi connectivity index (χ4n) is 2.85. The standard InChI is InChI=1S/C22H17F3/c23-22(24,25)21-14-8-7-13-20(21)19(18-11-5-2-6-12-18)16-15-17-9-3-1-4-10-17/h1-16,19H/b16-15+/t19-/m1/s1. The van der Waals surface area contributed by atoms with Crippen LogP contribution in [0.4, 0.5) is 13.2 Å². The van der Waals surface area contributed by atoms with Gasteiger partial charge in [0, 0.05) is 5.92 Å². The molecule has 0 unspecified atom stereocenters. The Morgan fingerprint density at radius 3 is 1.88 bits per heavy atom. The van der Waals surface area contributed by atoms with Gasteiger partial charge in [0.1, 0.15) is 0 Å². The van der Waals surface area contributed by atoms with E-state index in [0.717, 1.165) is 17.2 Å². The lowest BCUT2D eigenvalue weighted by Gasteiger charge is -2.19. The molecule has 0 aliphatic heterocycles. The van der Waals surface area contributed by atoms with Gasteiger partial charge in [-0.3, -0.25) is 0 Å². The second kappa shape index (κ2) is 7.39. The Morgan fingerprint density at radius 2 is 1.24 bits per heavy atom. The van der Waals surface area contributed by atoms with E-state index in [4.69, 9.17) is 0 Å². The highest BCUT2D eigenvalue weighted by Gasteiger charge is 2.34. The van der Waals surface area contributed by atoms with E-state index in [0.29, 0.717) is 0 Å². The number of hydrogen-bond donors (Lipinski definition) is 0. The molecule has 0 bridgehead atoms. The van der Waals surface area contributed by atoms with Gasteiger partial charge in [0.05, 0.1) is 5.56 Å². The summed E-state index contributed by atoms with van der Waals surface area (Å²) in [5.74, 6) is -0.473. The zero-order valence-electron chi connectivity index (χ0n) is 13.4. The van der Waals surface area contributed by atoms with Crippen molar-refractivity contribution in [2.45, 2.75) is 12.1 Å². The average molecular weight is 338 g/mol. The molecule has 25 heavy (non-hydrogen) atoms. The molecule has 3 rings (SSSR count). The van der Waals surface area contributed by atoms with Crippen LogP contribution in [-0.4, -0.2) is 0 Å². The first-order chi connectivity index (χ1) is 12.1. The molecule has 0 heterocycles. The largest absolute Gasteiger partial charge is 0.416 e. The summed E-state index contributed by atoms with van der Waals surface area (Å²) in [6.45, 7) is 0. The minimum absolute atomic E-state index is 0.258. The summed E-state index contributed by atoms with van der Waals surface area (Å²) in [6.07, 6.45) is -0.690. The molecular weight excluding hydrogens is 321 g/mol. The summed E-state index contributed by atoms with van der Waals surface area (Å²) >= 11 is 0. The molecule has 0 nitrogen and oxygen atoms in total. The molecule has 3 heteroatoms. The zero-order valence-corrected chi connectivity index (χ0v) is 13.4. The second-order valence-electron chi connectivity index (χ2n) is 5.74. The number of hydrogen-bond acceptors (Lipinski definition) is 0. The van der Waals surface area contributed by atoms with Crippen molar-refractivity contribution in [2.75, 3.05) is 0 Å². The summed E-state index contributed by atoms with van der Waals surface area (Å²) in [7, 11) is 0. The first-order valence-corrected chi connectivity index (χ1v) is 8.00. The molecule has 0 fully saturated rings. The van der Waals surface area contributed by atoms with E-state index in [9.17, 15) is 13.2 Å². The van der Waals surface area contributed by atoms with Crippen molar-refractivity contribution in [3.8, 4) is 0 Å². The predicted molar refractivity (Wildman–Crippen MR) is 95.2 cm³/mol. The highest BCUT2D eigenvalue weighted by Crippen LogP contribution is 2.38. The maximum absolute atomic E-state index is 13.5. The SMILES string of the molecule is FC(F)(F)c1ccccc1[C@H](/C=C/c1ccccc1)c1ccccc1. The van der Waals surface area contributed by atoms with E-state index < -0.39 is 17.7 Å². The Hall–Kier alpha value is -2.81. The van der Waals surface area contributed by atoms with Crippen LogP contribution in [-0.2, 0) is 6.18 Å². The lowest BCUT2D eigenvalue weighted by molar-refractivity contribution is -0.138. The number of benzene rings is 3. The van der Waals surface area contributed by atoms with Gasteiger partial charge in [-0.15, -0.1) is 0 Å². The quantitative estimate of drug-likeness (QED) is 0.506. The smallest absolute Gasteiger partial charge is 0.166 e. The van der Waals surface area contributed by atoms with Gasteiger partial charge < -0.3 is 0 Å². The van der Waals surface area contributed by atoms with Crippen molar-refractivity contribution in [3.05, 3.63) is 113 Å². The average Bonchev–Trinajstić information content (AvgIpc) is 2.63. The molecule has 3 aromatic carbocycles. The summed E-state index contributed by atoms with van der Waals surface area (Å²) in [5.41, 5.74) is 1.44. The lowest BCUT2D eigenvalue weighted by Crippen LogP contribution is -2.12. The molecule has 1 atom stereocenters. The number of rotatable bonds is 4. The van der Waals surface area contributed by atoms with E-state index in [1.807, 2.05) is 72.8 Å². The normalized spacial score (nSPS) is 13.1. The van der Waals surface area contributed by atoms with Crippen LogP contribution >= 0.6 is 0 Å². The highest BCUT2D eigenvalue weighted by atomic mass is 19.4. The zero-order chi connectivity index (χ0) is 17.7. The van der Waals surface area contributed by atoms with Crippen LogP contribution in [0.3, 0.4) is 0 Å². The molecule has 0 N–H and O–H groups in total. The van der Waals surface area contributed by atoms with Gasteiger partial charge in [-0.05, 0) is 22.8 Å². The first-order valence-electron chi connectivity index (χ1n) is 8.00. The Bertz CT molecular complexity index is 834. The van der Waals surface area contributed by atoms with Crippen molar-refractivity contribution in [2.24, 2.45) is 0 Å². The van der Waals surface area contributed by atoms with Crippen LogP contribution < -0.4 is 0 Å². The highest BCUT2D eigenvalue weighted by molar-refractivity contribution is 5.54. The van der Waals surface area contributed by atoms with Gasteiger partial charge in [-0.2, -0.15) is 13.2 Å². The molecule has 0 saturated heterocycles. The Balaban J connectivity index is 2.09. The van der Waals surface area contributed by atoms with Crippen LogP contribution in [0.15, 0.2) is 91.0 Å². The van der Waals surface area contributed by atoms with Gasteiger partial charge >= 0.3 is 6.18 Å². The van der Waals surface area contributed by atoms with E-state index in [1.54, 1.807) is 12.1 Å².